The number of hydrogen-bond acceptors (Lipinski definition) is 3. The van der Waals surface area contributed by atoms with Gasteiger partial charge in [0, 0.05) is 38.5 Å². The Balaban J connectivity index is 1.89. The molecule has 22 heavy (non-hydrogen) atoms. The SMILES string of the molecule is CC(C)N1C[C@@H](C(=O)N2CCC[C@@H](CCC(=O)O)C2)CC1=O. The molecule has 2 heterocycles. The molecule has 2 fully saturated rings. The first-order chi connectivity index (χ1) is 10.4. The van der Waals surface area contributed by atoms with Crippen LogP contribution in [0.4, 0.5) is 0 Å². The summed E-state index contributed by atoms with van der Waals surface area (Å²) in [6.07, 6.45) is 3.01. The van der Waals surface area contributed by atoms with Crippen molar-refractivity contribution in [2.24, 2.45) is 11.8 Å². The number of rotatable bonds is 5. The van der Waals surface area contributed by atoms with Gasteiger partial charge in [0.2, 0.25) is 11.8 Å². The van der Waals surface area contributed by atoms with Crippen LogP contribution in [0.5, 0.6) is 0 Å². The van der Waals surface area contributed by atoms with Crippen molar-refractivity contribution in [1.82, 2.24) is 9.80 Å². The van der Waals surface area contributed by atoms with Crippen LogP contribution >= 0.6 is 0 Å². The molecule has 0 aromatic rings. The van der Waals surface area contributed by atoms with Gasteiger partial charge in [-0.25, -0.2) is 0 Å². The highest BCUT2D eigenvalue weighted by atomic mass is 16.4. The highest BCUT2D eigenvalue weighted by molar-refractivity contribution is 5.89. The van der Waals surface area contributed by atoms with E-state index in [9.17, 15) is 14.4 Å². The lowest BCUT2D eigenvalue weighted by atomic mass is 9.92. The van der Waals surface area contributed by atoms with Crippen molar-refractivity contribution >= 4 is 17.8 Å². The fourth-order valence-electron chi connectivity index (χ4n) is 3.48. The molecule has 0 aromatic carbocycles. The van der Waals surface area contributed by atoms with Crippen LogP contribution in [-0.2, 0) is 14.4 Å². The summed E-state index contributed by atoms with van der Waals surface area (Å²) < 4.78 is 0. The standard InChI is InChI=1S/C16H26N2O4/c1-11(2)18-10-13(8-14(18)19)16(22)17-7-3-4-12(9-17)5-6-15(20)21/h11-13H,3-10H2,1-2H3,(H,20,21)/t12-,13-/m0/s1. The Labute approximate surface area is 131 Å². The summed E-state index contributed by atoms with van der Waals surface area (Å²) in [5, 5.41) is 8.78. The molecule has 2 atom stereocenters. The summed E-state index contributed by atoms with van der Waals surface area (Å²) in [4.78, 5) is 38.9. The third-order valence-corrected chi connectivity index (χ3v) is 4.73. The third kappa shape index (κ3) is 3.99. The number of carboxylic acids is 1. The van der Waals surface area contributed by atoms with Crippen LogP contribution in [0.15, 0.2) is 0 Å². The molecular weight excluding hydrogens is 284 g/mol. The lowest BCUT2D eigenvalue weighted by Gasteiger charge is -2.34. The summed E-state index contributed by atoms with van der Waals surface area (Å²) in [7, 11) is 0. The summed E-state index contributed by atoms with van der Waals surface area (Å²) >= 11 is 0. The second-order valence-electron chi connectivity index (χ2n) is 6.77. The number of hydrogen-bond donors (Lipinski definition) is 1. The largest absolute Gasteiger partial charge is 0.481 e. The molecule has 0 radical (unpaired) electrons. The fraction of sp³-hybridized carbons (Fsp3) is 0.812. The first-order valence-corrected chi connectivity index (χ1v) is 8.18. The molecule has 0 bridgehead atoms. The van der Waals surface area contributed by atoms with Crippen LogP contribution in [-0.4, -0.2) is 58.4 Å². The Morgan fingerprint density at radius 1 is 1.32 bits per heavy atom. The van der Waals surface area contributed by atoms with E-state index in [-0.39, 0.29) is 36.1 Å². The summed E-state index contributed by atoms with van der Waals surface area (Å²) in [6.45, 7) is 5.82. The Kier molecular flexibility index (Phi) is 5.42. The molecule has 0 aliphatic carbocycles. The van der Waals surface area contributed by atoms with Crippen LogP contribution in [0.3, 0.4) is 0 Å². The minimum absolute atomic E-state index is 0.0628. The normalized spacial score (nSPS) is 25.9. The molecule has 2 aliphatic heterocycles. The van der Waals surface area contributed by atoms with Gasteiger partial charge in [-0.1, -0.05) is 0 Å². The van der Waals surface area contributed by atoms with Crippen LogP contribution in [0.2, 0.25) is 0 Å². The molecule has 6 nitrogen and oxygen atoms in total. The number of likely N-dealkylation sites (tertiary alicyclic amines) is 2. The molecule has 1 N–H and O–H groups in total. The summed E-state index contributed by atoms with van der Waals surface area (Å²) in [5.41, 5.74) is 0. The minimum Gasteiger partial charge on any atom is -0.481 e. The number of nitrogens with zero attached hydrogens (tertiary/aromatic N) is 2. The monoisotopic (exact) mass is 310 g/mol. The van der Waals surface area contributed by atoms with Gasteiger partial charge in [0.25, 0.3) is 0 Å². The Morgan fingerprint density at radius 2 is 2.05 bits per heavy atom. The van der Waals surface area contributed by atoms with Crippen molar-refractivity contribution in [2.45, 2.75) is 52.0 Å². The van der Waals surface area contributed by atoms with Gasteiger partial charge < -0.3 is 14.9 Å². The lowest BCUT2D eigenvalue weighted by molar-refractivity contribution is -0.138. The molecule has 0 aromatic heterocycles. The number of carboxylic acid groups (broad SMARTS) is 1. The van der Waals surface area contributed by atoms with E-state index >= 15 is 0 Å². The van der Waals surface area contributed by atoms with E-state index in [2.05, 4.69) is 0 Å². The average molecular weight is 310 g/mol. The van der Waals surface area contributed by atoms with Crippen molar-refractivity contribution in [2.75, 3.05) is 19.6 Å². The van der Waals surface area contributed by atoms with E-state index in [1.807, 2.05) is 18.7 Å². The maximum atomic E-state index is 12.6. The van der Waals surface area contributed by atoms with Crippen molar-refractivity contribution in [3.05, 3.63) is 0 Å². The predicted molar refractivity (Wildman–Crippen MR) is 81.1 cm³/mol. The molecule has 0 spiro atoms. The number of piperidine rings is 1. The quantitative estimate of drug-likeness (QED) is 0.831. The number of amides is 2. The van der Waals surface area contributed by atoms with Crippen LogP contribution in [0, 0.1) is 11.8 Å². The molecule has 0 saturated carbocycles. The molecule has 2 aliphatic rings. The second kappa shape index (κ2) is 7.11. The zero-order valence-electron chi connectivity index (χ0n) is 13.5. The molecular formula is C16H26N2O4. The van der Waals surface area contributed by atoms with E-state index in [0.29, 0.717) is 25.9 Å². The highest BCUT2D eigenvalue weighted by Gasteiger charge is 2.38. The molecule has 0 unspecified atom stereocenters. The van der Waals surface area contributed by atoms with Gasteiger partial charge in [-0.05, 0) is 39.0 Å². The van der Waals surface area contributed by atoms with Crippen molar-refractivity contribution in [1.29, 1.82) is 0 Å². The van der Waals surface area contributed by atoms with Crippen molar-refractivity contribution < 1.29 is 19.5 Å². The Morgan fingerprint density at radius 3 is 2.64 bits per heavy atom. The number of carbonyl (C=O) groups is 3. The van der Waals surface area contributed by atoms with Gasteiger partial charge in [0.15, 0.2) is 0 Å². The minimum atomic E-state index is -0.780. The van der Waals surface area contributed by atoms with Crippen LogP contribution < -0.4 is 0 Å². The number of aliphatic carboxylic acids is 1. The van der Waals surface area contributed by atoms with Crippen molar-refractivity contribution in [3.63, 3.8) is 0 Å². The zero-order valence-corrected chi connectivity index (χ0v) is 13.5. The first-order valence-electron chi connectivity index (χ1n) is 8.18. The van der Waals surface area contributed by atoms with E-state index in [1.165, 1.54) is 0 Å². The topological polar surface area (TPSA) is 77.9 Å². The van der Waals surface area contributed by atoms with Gasteiger partial charge in [-0.3, -0.25) is 14.4 Å². The van der Waals surface area contributed by atoms with E-state index < -0.39 is 5.97 Å². The summed E-state index contributed by atoms with van der Waals surface area (Å²) in [6, 6.07) is 0.134. The molecule has 2 rings (SSSR count). The highest BCUT2D eigenvalue weighted by Crippen LogP contribution is 2.26. The van der Waals surface area contributed by atoms with E-state index in [0.717, 1.165) is 19.4 Å². The maximum absolute atomic E-state index is 12.6. The average Bonchev–Trinajstić information content (AvgIpc) is 2.87. The molecule has 2 amide bonds. The van der Waals surface area contributed by atoms with Crippen LogP contribution in [0.1, 0.15) is 46.0 Å². The van der Waals surface area contributed by atoms with Gasteiger partial charge in [0.1, 0.15) is 0 Å². The van der Waals surface area contributed by atoms with E-state index in [4.69, 9.17) is 5.11 Å². The number of carbonyl (C=O) groups excluding carboxylic acids is 2. The Hall–Kier alpha value is -1.59. The second-order valence-corrected chi connectivity index (χ2v) is 6.77. The Bertz CT molecular complexity index is 449. The van der Waals surface area contributed by atoms with Gasteiger partial charge in [-0.2, -0.15) is 0 Å². The molecule has 2 saturated heterocycles. The van der Waals surface area contributed by atoms with Crippen LogP contribution in [0.25, 0.3) is 0 Å². The smallest absolute Gasteiger partial charge is 0.303 e. The maximum Gasteiger partial charge on any atom is 0.303 e. The molecule has 124 valence electrons. The zero-order chi connectivity index (χ0) is 16.3. The third-order valence-electron chi connectivity index (χ3n) is 4.73. The summed E-state index contributed by atoms with van der Waals surface area (Å²) in [5.74, 6) is -0.609. The van der Waals surface area contributed by atoms with Gasteiger partial charge in [0.05, 0.1) is 5.92 Å². The predicted octanol–water partition coefficient (Wildman–Crippen LogP) is 1.35. The van der Waals surface area contributed by atoms with Crippen molar-refractivity contribution in [3.8, 4) is 0 Å². The van der Waals surface area contributed by atoms with Gasteiger partial charge >= 0.3 is 5.97 Å². The lowest BCUT2D eigenvalue weighted by Crippen LogP contribution is -2.44. The first kappa shape index (κ1) is 16.8. The van der Waals surface area contributed by atoms with E-state index in [1.54, 1.807) is 4.90 Å². The van der Waals surface area contributed by atoms with Gasteiger partial charge in [-0.15, -0.1) is 0 Å². The fourth-order valence-corrected chi connectivity index (χ4v) is 3.48. The molecule has 6 heteroatoms.